The lowest BCUT2D eigenvalue weighted by Crippen LogP contribution is -2.35. The Morgan fingerprint density at radius 3 is 2.12 bits per heavy atom. The van der Waals surface area contributed by atoms with Crippen molar-refractivity contribution < 1.29 is 23.8 Å². The summed E-state index contributed by atoms with van der Waals surface area (Å²) in [5.41, 5.74) is 2.45. The molecule has 0 aliphatic carbocycles. The molecule has 0 bridgehead atoms. The van der Waals surface area contributed by atoms with E-state index in [-0.39, 0.29) is 18.2 Å². The highest BCUT2D eigenvalue weighted by Crippen LogP contribution is 2.42. The molecular formula is C27H28N2O5. The molecule has 0 saturated carbocycles. The average molecular weight is 461 g/mol. The van der Waals surface area contributed by atoms with Crippen LogP contribution in [-0.2, 0) is 16.1 Å². The minimum atomic E-state index is -0.558. The van der Waals surface area contributed by atoms with Crippen molar-refractivity contribution in [2.75, 3.05) is 26.2 Å². The van der Waals surface area contributed by atoms with Crippen LogP contribution in [0.3, 0.4) is 0 Å². The molecule has 34 heavy (non-hydrogen) atoms. The third kappa shape index (κ3) is 4.69. The van der Waals surface area contributed by atoms with Crippen molar-refractivity contribution in [3.8, 4) is 17.2 Å². The molecule has 1 fully saturated rings. The maximum absolute atomic E-state index is 13.4. The number of amides is 2. The van der Waals surface area contributed by atoms with Crippen LogP contribution < -0.4 is 24.4 Å². The summed E-state index contributed by atoms with van der Waals surface area (Å²) in [6.45, 7) is 0.311. The molecule has 1 aliphatic heterocycles. The van der Waals surface area contributed by atoms with Crippen molar-refractivity contribution in [1.29, 1.82) is 0 Å². The third-order valence-electron chi connectivity index (χ3n) is 6.11. The van der Waals surface area contributed by atoms with Gasteiger partial charge in [-0.2, -0.15) is 0 Å². The van der Waals surface area contributed by atoms with Crippen LogP contribution >= 0.6 is 0 Å². The highest BCUT2D eigenvalue weighted by Gasteiger charge is 2.45. The molecule has 0 spiro atoms. The molecule has 1 N–H and O–H groups in total. The van der Waals surface area contributed by atoms with E-state index in [1.165, 1.54) is 0 Å². The first kappa shape index (κ1) is 23.2. The quantitative estimate of drug-likeness (QED) is 0.547. The zero-order chi connectivity index (χ0) is 24.1. The van der Waals surface area contributed by atoms with Crippen LogP contribution in [0.2, 0.25) is 0 Å². The van der Waals surface area contributed by atoms with Crippen LogP contribution in [0.25, 0.3) is 0 Å². The minimum Gasteiger partial charge on any atom is -0.497 e. The number of para-hydroxylation sites is 1. The van der Waals surface area contributed by atoms with Gasteiger partial charge in [-0.15, -0.1) is 0 Å². The smallest absolute Gasteiger partial charge is 0.228 e. The first-order valence-corrected chi connectivity index (χ1v) is 11.1. The Balaban J connectivity index is 1.64. The number of carbonyl (C=O) groups is 2. The molecule has 2 amide bonds. The topological polar surface area (TPSA) is 77.1 Å². The summed E-state index contributed by atoms with van der Waals surface area (Å²) in [4.78, 5) is 28.3. The number of rotatable bonds is 8. The van der Waals surface area contributed by atoms with Gasteiger partial charge in [0.15, 0.2) is 0 Å². The number of anilines is 1. The molecule has 7 nitrogen and oxygen atoms in total. The molecule has 176 valence electrons. The van der Waals surface area contributed by atoms with E-state index in [1.54, 1.807) is 26.2 Å². The normalized spacial score (nSPS) is 17.4. The standard InChI is InChI=1S/C27H28N2O5/c1-32-21-12-8-18(9-13-21)26-23(27(31)28-17-19-6-4-5-7-24(19)34-3)16-25(30)29(26)20-10-14-22(33-2)15-11-20/h4-15,23,26H,16-17H2,1-3H3,(H,28,31)/t23-,26+/m1/s1. The van der Waals surface area contributed by atoms with Crippen LogP contribution in [0.1, 0.15) is 23.6 Å². The molecule has 3 aromatic carbocycles. The summed E-state index contributed by atoms with van der Waals surface area (Å²) in [6.07, 6.45) is 0.112. The van der Waals surface area contributed by atoms with E-state index in [2.05, 4.69) is 5.32 Å². The van der Waals surface area contributed by atoms with Gasteiger partial charge in [0.05, 0.1) is 33.3 Å². The van der Waals surface area contributed by atoms with Crippen molar-refractivity contribution in [1.82, 2.24) is 5.32 Å². The number of benzene rings is 3. The summed E-state index contributed by atoms with van der Waals surface area (Å²) in [6, 6.07) is 21.9. The Morgan fingerprint density at radius 2 is 1.50 bits per heavy atom. The monoisotopic (exact) mass is 460 g/mol. The number of nitrogens with zero attached hydrogens (tertiary/aromatic N) is 1. The molecule has 7 heteroatoms. The predicted octanol–water partition coefficient (Wildman–Crippen LogP) is 4.12. The second-order valence-electron chi connectivity index (χ2n) is 8.02. The van der Waals surface area contributed by atoms with Gasteiger partial charge >= 0.3 is 0 Å². The molecule has 1 aliphatic rings. The average Bonchev–Trinajstić information content (AvgIpc) is 3.24. The predicted molar refractivity (Wildman–Crippen MR) is 129 cm³/mol. The highest BCUT2D eigenvalue weighted by molar-refractivity contribution is 6.01. The second-order valence-corrected chi connectivity index (χ2v) is 8.02. The van der Waals surface area contributed by atoms with E-state index in [9.17, 15) is 9.59 Å². The van der Waals surface area contributed by atoms with Crippen molar-refractivity contribution in [3.63, 3.8) is 0 Å². The van der Waals surface area contributed by atoms with Crippen LogP contribution in [-0.4, -0.2) is 33.1 Å². The van der Waals surface area contributed by atoms with Gasteiger partial charge in [0.25, 0.3) is 0 Å². The van der Waals surface area contributed by atoms with E-state index in [4.69, 9.17) is 14.2 Å². The zero-order valence-electron chi connectivity index (χ0n) is 19.5. The van der Waals surface area contributed by atoms with Crippen LogP contribution in [0.5, 0.6) is 17.2 Å². The number of hydrogen-bond acceptors (Lipinski definition) is 5. The summed E-state index contributed by atoms with van der Waals surface area (Å²) in [7, 11) is 4.80. The molecule has 4 rings (SSSR count). The van der Waals surface area contributed by atoms with E-state index >= 15 is 0 Å². The Bertz CT molecular complexity index is 1140. The first-order chi connectivity index (χ1) is 16.5. The number of methoxy groups -OCH3 is 3. The lowest BCUT2D eigenvalue weighted by Gasteiger charge is -2.28. The first-order valence-electron chi connectivity index (χ1n) is 11.1. The van der Waals surface area contributed by atoms with E-state index in [0.29, 0.717) is 29.5 Å². The second kappa shape index (κ2) is 10.3. The van der Waals surface area contributed by atoms with Gasteiger partial charge < -0.3 is 24.4 Å². The fraction of sp³-hybridized carbons (Fsp3) is 0.259. The molecule has 3 aromatic rings. The van der Waals surface area contributed by atoms with Gasteiger partial charge in [-0.3, -0.25) is 9.59 Å². The summed E-state index contributed by atoms with van der Waals surface area (Å²) >= 11 is 0. The Kier molecular flexibility index (Phi) is 7.01. The minimum absolute atomic E-state index is 0.108. The fourth-order valence-corrected chi connectivity index (χ4v) is 4.36. The molecule has 1 heterocycles. The maximum atomic E-state index is 13.4. The van der Waals surface area contributed by atoms with E-state index in [1.807, 2.05) is 72.8 Å². The maximum Gasteiger partial charge on any atom is 0.228 e. The lowest BCUT2D eigenvalue weighted by atomic mass is 9.92. The van der Waals surface area contributed by atoms with Crippen molar-refractivity contribution in [3.05, 3.63) is 83.9 Å². The van der Waals surface area contributed by atoms with Crippen LogP contribution in [0.4, 0.5) is 5.69 Å². The number of hydrogen-bond donors (Lipinski definition) is 1. The van der Waals surface area contributed by atoms with Crippen LogP contribution in [0.15, 0.2) is 72.8 Å². The molecule has 1 saturated heterocycles. The van der Waals surface area contributed by atoms with Gasteiger partial charge in [-0.05, 0) is 48.0 Å². The highest BCUT2D eigenvalue weighted by atomic mass is 16.5. The third-order valence-corrected chi connectivity index (χ3v) is 6.11. The van der Waals surface area contributed by atoms with Gasteiger partial charge in [-0.1, -0.05) is 30.3 Å². The fourth-order valence-electron chi connectivity index (χ4n) is 4.36. The molecule has 0 aromatic heterocycles. The molecular weight excluding hydrogens is 432 g/mol. The molecule has 0 unspecified atom stereocenters. The lowest BCUT2D eigenvalue weighted by molar-refractivity contribution is -0.127. The Labute approximate surface area is 199 Å². The van der Waals surface area contributed by atoms with Gasteiger partial charge in [0.2, 0.25) is 11.8 Å². The Hall–Kier alpha value is -4.00. The van der Waals surface area contributed by atoms with Crippen molar-refractivity contribution in [2.45, 2.75) is 19.0 Å². The largest absolute Gasteiger partial charge is 0.497 e. The van der Waals surface area contributed by atoms with Gasteiger partial charge in [0, 0.05) is 24.2 Å². The summed E-state index contributed by atoms with van der Waals surface area (Å²) < 4.78 is 15.9. The van der Waals surface area contributed by atoms with Gasteiger partial charge in [0.1, 0.15) is 17.2 Å². The van der Waals surface area contributed by atoms with Crippen LogP contribution in [0, 0.1) is 5.92 Å². The summed E-state index contributed by atoms with van der Waals surface area (Å²) in [5.74, 6) is 1.26. The van der Waals surface area contributed by atoms with E-state index < -0.39 is 12.0 Å². The Morgan fingerprint density at radius 1 is 0.882 bits per heavy atom. The number of nitrogens with one attached hydrogen (secondary N) is 1. The number of carbonyl (C=O) groups excluding carboxylic acids is 2. The van der Waals surface area contributed by atoms with E-state index in [0.717, 1.165) is 11.1 Å². The SMILES string of the molecule is COc1ccc([C@H]2[C@H](C(=O)NCc3ccccc3OC)CC(=O)N2c2ccc(OC)cc2)cc1. The van der Waals surface area contributed by atoms with Gasteiger partial charge in [-0.25, -0.2) is 0 Å². The molecule has 2 atom stereocenters. The summed E-state index contributed by atoms with van der Waals surface area (Å²) in [5, 5.41) is 3.01. The van der Waals surface area contributed by atoms with Crippen molar-refractivity contribution >= 4 is 17.5 Å². The molecule has 0 radical (unpaired) electrons. The number of ether oxygens (including phenoxy) is 3. The van der Waals surface area contributed by atoms with Crippen molar-refractivity contribution in [2.24, 2.45) is 5.92 Å². The zero-order valence-corrected chi connectivity index (χ0v) is 19.5.